The highest BCUT2D eigenvalue weighted by Crippen LogP contribution is 2.35. The number of amides is 2. The molecule has 0 radical (unpaired) electrons. The molecule has 1 aliphatic carbocycles. The minimum absolute atomic E-state index is 0.103. The second-order valence-corrected chi connectivity index (χ2v) is 10.5. The molecule has 1 aliphatic heterocycles. The largest absolute Gasteiger partial charge is 0.351 e. The summed E-state index contributed by atoms with van der Waals surface area (Å²) >= 11 is 6.46. The third kappa shape index (κ3) is 3.78. The number of rotatable bonds is 4. The van der Waals surface area contributed by atoms with Crippen molar-refractivity contribution in [3.05, 3.63) is 64.9 Å². The Morgan fingerprint density at radius 2 is 1.88 bits per heavy atom. The highest BCUT2D eigenvalue weighted by molar-refractivity contribution is 6.31. The van der Waals surface area contributed by atoms with Crippen LogP contribution in [0.2, 0.25) is 5.02 Å². The molecule has 0 unspecified atom stereocenters. The molecule has 1 saturated carbocycles. The summed E-state index contributed by atoms with van der Waals surface area (Å²) in [5, 5.41) is 3.91. The third-order valence-corrected chi connectivity index (χ3v) is 8.32. The lowest BCUT2D eigenvalue weighted by Gasteiger charge is -2.45. The van der Waals surface area contributed by atoms with Crippen LogP contribution in [0.4, 0.5) is 0 Å². The molecule has 7 heteroatoms. The number of para-hydroxylation sites is 2. The average Bonchev–Trinajstić information content (AvgIpc) is 3.19. The number of carbonyl (C=O) groups excluding carboxylic acids is 2. The van der Waals surface area contributed by atoms with E-state index in [-0.39, 0.29) is 24.4 Å². The average molecular weight is 479 g/mol. The fourth-order valence-electron chi connectivity index (χ4n) is 5.48. The fraction of sp³-hybridized carbons (Fsp3) is 0.444. The molecule has 5 rings (SSSR count). The molecule has 6 nitrogen and oxygen atoms in total. The predicted molar refractivity (Wildman–Crippen MR) is 134 cm³/mol. The number of hydrogen-bond acceptors (Lipinski definition) is 3. The minimum atomic E-state index is -1.09. The Hall–Kier alpha value is -2.86. The molecule has 0 spiro atoms. The molecule has 1 aromatic heterocycles. The zero-order valence-corrected chi connectivity index (χ0v) is 20.7. The van der Waals surface area contributed by atoms with Crippen LogP contribution in [0.15, 0.2) is 48.5 Å². The SMILES string of the molecule is C[C@H]1[C@H](C)CCC[C@@H]1NC(=O)[C@]1(C)Cn2c(nc3ccccc32)C(=O)N1Cc1ccccc1Cl. The Morgan fingerprint density at radius 1 is 1.15 bits per heavy atom. The van der Waals surface area contributed by atoms with Gasteiger partial charge in [0.1, 0.15) is 5.54 Å². The van der Waals surface area contributed by atoms with Gasteiger partial charge in [-0.15, -0.1) is 0 Å². The first kappa shape index (κ1) is 22.9. The summed E-state index contributed by atoms with van der Waals surface area (Å²) in [7, 11) is 0. The van der Waals surface area contributed by atoms with E-state index in [1.54, 1.807) is 4.90 Å². The van der Waals surface area contributed by atoms with E-state index in [0.717, 1.165) is 29.4 Å². The molecule has 34 heavy (non-hydrogen) atoms. The van der Waals surface area contributed by atoms with Gasteiger partial charge < -0.3 is 14.8 Å². The second-order valence-electron chi connectivity index (χ2n) is 10.1. The number of halogens is 1. The van der Waals surface area contributed by atoms with Crippen LogP contribution in [0.25, 0.3) is 11.0 Å². The van der Waals surface area contributed by atoms with Crippen LogP contribution in [-0.4, -0.2) is 37.8 Å². The van der Waals surface area contributed by atoms with E-state index in [1.807, 2.05) is 60.0 Å². The van der Waals surface area contributed by atoms with Gasteiger partial charge in [0.2, 0.25) is 5.91 Å². The van der Waals surface area contributed by atoms with Gasteiger partial charge in [-0.25, -0.2) is 4.98 Å². The zero-order valence-electron chi connectivity index (χ0n) is 19.9. The number of imidazole rings is 1. The lowest BCUT2D eigenvalue weighted by atomic mass is 9.77. The maximum Gasteiger partial charge on any atom is 0.291 e. The smallest absolute Gasteiger partial charge is 0.291 e. The maximum absolute atomic E-state index is 14.0. The van der Waals surface area contributed by atoms with Crippen LogP contribution in [0.5, 0.6) is 0 Å². The maximum atomic E-state index is 14.0. The highest BCUT2D eigenvalue weighted by Gasteiger charge is 2.49. The molecule has 2 heterocycles. The van der Waals surface area contributed by atoms with Crippen molar-refractivity contribution in [3.63, 3.8) is 0 Å². The molecular formula is C27H31ClN4O2. The number of benzene rings is 2. The second kappa shape index (κ2) is 8.73. The number of nitrogens with zero attached hydrogens (tertiary/aromatic N) is 3. The number of nitrogens with one attached hydrogen (secondary N) is 1. The quantitative estimate of drug-likeness (QED) is 0.570. The molecule has 2 amide bonds. The van der Waals surface area contributed by atoms with Crippen molar-refractivity contribution < 1.29 is 9.59 Å². The van der Waals surface area contributed by atoms with Crippen LogP contribution in [0, 0.1) is 11.8 Å². The third-order valence-electron chi connectivity index (χ3n) is 7.95. The van der Waals surface area contributed by atoms with Crippen LogP contribution < -0.4 is 5.32 Å². The van der Waals surface area contributed by atoms with Gasteiger partial charge in [-0.1, -0.05) is 68.6 Å². The summed E-state index contributed by atoms with van der Waals surface area (Å²) in [5.74, 6) is 0.927. The number of fused-ring (bicyclic) bond motifs is 3. The van der Waals surface area contributed by atoms with Crippen molar-refractivity contribution in [2.24, 2.45) is 11.8 Å². The number of aromatic nitrogens is 2. The normalized spacial score (nSPS) is 27.0. The Bertz CT molecular complexity index is 1250. The van der Waals surface area contributed by atoms with Gasteiger partial charge in [-0.3, -0.25) is 9.59 Å². The molecule has 0 bridgehead atoms. The summed E-state index contributed by atoms with van der Waals surface area (Å²) in [6, 6.07) is 15.3. The van der Waals surface area contributed by atoms with Gasteiger partial charge in [0.15, 0.2) is 5.82 Å². The monoisotopic (exact) mass is 478 g/mol. The summed E-state index contributed by atoms with van der Waals surface area (Å²) in [5.41, 5.74) is 1.33. The first-order chi connectivity index (χ1) is 16.3. The molecule has 2 aliphatic rings. The molecule has 4 atom stereocenters. The number of hydrogen-bond donors (Lipinski definition) is 1. The van der Waals surface area contributed by atoms with E-state index < -0.39 is 5.54 Å². The Kier molecular flexibility index (Phi) is 5.88. The summed E-state index contributed by atoms with van der Waals surface area (Å²) in [6.07, 6.45) is 3.25. The Morgan fingerprint density at radius 3 is 2.68 bits per heavy atom. The minimum Gasteiger partial charge on any atom is -0.351 e. The van der Waals surface area contributed by atoms with Crippen LogP contribution in [0.1, 0.15) is 56.2 Å². The molecule has 2 aromatic carbocycles. The van der Waals surface area contributed by atoms with E-state index in [1.165, 1.54) is 6.42 Å². The molecule has 3 aromatic rings. The van der Waals surface area contributed by atoms with Crippen molar-refractivity contribution in [1.82, 2.24) is 19.8 Å². The standard InChI is InChI=1S/C27H31ClN4O2/c1-17-9-8-13-21(18(17)2)30-26(34)27(3)16-31-23-14-7-6-12-22(23)29-24(31)25(33)32(27)15-19-10-4-5-11-20(19)28/h4-7,10-12,14,17-18,21H,8-9,13,15-16H2,1-3H3,(H,30,34)/t17-,18+,21+,27+/m1/s1. The first-order valence-corrected chi connectivity index (χ1v) is 12.5. The van der Waals surface area contributed by atoms with Gasteiger partial charge in [-0.05, 0) is 48.9 Å². The molecule has 178 valence electrons. The lowest BCUT2D eigenvalue weighted by molar-refractivity contribution is -0.134. The lowest BCUT2D eigenvalue weighted by Crippen LogP contribution is -2.65. The van der Waals surface area contributed by atoms with Crippen molar-refractivity contribution in [3.8, 4) is 0 Å². The van der Waals surface area contributed by atoms with E-state index >= 15 is 0 Å². The molecular weight excluding hydrogens is 448 g/mol. The van der Waals surface area contributed by atoms with Crippen molar-refractivity contribution in [2.75, 3.05) is 0 Å². The topological polar surface area (TPSA) is 67.2 Å². The van der Waals surface area contributed by atoms with Gasteiger partial charge in [-0.2, -0.15) is 0 Å². The van der Waals surface area contributed by atoms with Crippen LogP contribution in [0.3, 0.4) is 0 Å². The Balaban J connectivity index is 1.55. The van der Waals surface area contributed by atoms with Gasteiger partial charge in [0.05, 0.1) is 17.6 Å². The first-order valence-electron chi connectivity index (χ1n) is 12.1. The van der Waals surface area contributed by atoms with E-state index in [9.17, 15) is 9.59 Å². The van der Waals surface area contributed by atoms with Crippen molar-refractivity contribution in [1.29, 1.82) is 0 Å². The zero-order chi connectivity index (χ0) is 24.0. The Labute approximate surface area is 205 Å². The molecule has 1 N–H and O–H groups in total. The summed E-state index contributed by atoms with van der Waals surface area (Å²) in [6.45, 7) is 6.91. The van der Waals surface area contributed by atoms with Crippen LogP contribution >= 0.6 is 11.6 Å². The highest BCUT2D eigenvalue weighted by atomic mass is 35.5. The van der Waals surface area contributed by atoms with E-state index in [0.29, 0.717) is 29.2 Å². The van der Waals surface area contributed by atoms with Crippen LogP contribution in [-0.2, 0) is 17.9 Å². The van der Waals surface area contributed by atoms with Crippen molar-refractivity contribution >= 4 is 34.4 Å². The van der Waals surface area contributed by atoms with Gasteiger partial charge in [0, 0.05) is 17.6 Å². The van der Waals surface area contributed by atoms with Crippen molar-refractivity contribution in [2.45, 2.75) is 64.7 Å². The van der Waals surface area contributed by atoms with E-state index in [2.05, 4.69) is 24.1 Å². The number of carbonyl (C=O) groups is 2. The predicted octanol–water partition coefficient (Wildman–Crippen LogP) is 5.05. The van der Waals surface area contributed by atoms with Gasteiger partial charge in [0.25, 0.3) is 5.91 Å². The van der Waals surface area contributed by atoms with E-state index in [4.69, 9.17) is 11.6 Å². The fourth-order valence-corrected chi connectivity index (χ4v) is 5.68. The van der Waals surface area contributed by atoms with Gasteiger partial charge >= 0.3 is 0 Å². The summed E-state index contributed by atoms with van der Waals surface area (Å²) in [4.78, 5) is 34.1. The molecule has 1 fully saturated rings. The molecule has 0 saturated heterocycles. The summed E-state index contributed by atoms with van der Waals surface area (Å²) < 4.78 is 1.90.